The SMILES string of the molecule is C[C@H](OC(=O)C1c2ccccc2Oc2ccccc21)c1ccccc1Cl. The lowest BCUT2D eigenvalue weighted by Crippen LogP contribution is -2.22. The van der Waals surface area contributed by atoms with Crippen molar-refractivity contribution in [2.24, 2.45) is 0 Å². The number of rotatable bonds is 3. The van der Waals surface area contributed by atoms with Gasteiger partial charge >= 0.3 is 5.97 Å². The number of hydrogen-bond donors (Lipinski definition) is 0. The minimum Gasteiger partial charge on any atom is -0.457 e. The molecule has 0 spiro atoms. The summed E-state index contributed by atoms with van der Waals surface area (Å²) in [5.41, 5.74) is 2.40. The Hall–Kier alpha value is -2.78. The maximum Gasteiger partial charge on any atom is 0.318 e. The molecule has 0 N–H and O–H groups in total. The molecule has 0 aromatic heterocycles. The molecule has 0 unspecified atom stereocenters. The molecular weight excluding hydrogens is 348 g/mol. The molecule has 0 saturated carbocycles. The summed E-state index contributed by atoms with van der Waals surface area (Å²) in [5.74, 6) is 0.513. The van der Waals surface area contributed by atoms with Crippen LogP contribution in [0.4, 0.5) is 0 Å². The standard InChI is InChI=1S/C22H17ClO3/c1-14(15-8-2-5-11-18(15)23)25-22(24)21-16-9-3-6-12-19(16)26-20-13-7-4-10-17(20)21/h2-14,21H,1H3/t14-/m0/s1. The Morgan fingerprint density at radius 3 is 2.08 bits per heavy atom. The Morgan fingerprint density at radius 1 is 0.923 bits per heavy atom. The summed E-state index contributed by atoms with van der Waals surface area (Å²) in [6, 6.07) is 22.5. The third-order valence-electron chi connectivity index (χ3n) is 4.55. The molecule has 130 valence electrons. The Balaban J connectivity index is 1.69. The fourth-order valence-electron chi connectivity index (χ4n) is 3.27. The zero-order valence-electron chi connectivity index (χ0n) is 14.2. The Labute approximate surface area is 157 Å². The highest BCUT2D eigenvalue weighted by Gasteiger charge is 2.34. The van der Waals surface area contributed by atoms with Crippen LogP contribution in [-0.4, -0.2) is 5.97 Å². The summed E-state index contributed by atoms with van der Waals surface area (Å²) in [7, 11) is 0. The highest BCUT2D eigenvalue weighted by Crippen LogP contribution is 2.45. The van der Waals surface area contributed by atoms with Crippen molar-refractivity contribution in [2.75, 3.05) is 0 Å². The van der Waals surface area contributed by atoms with E-state index >= 15 is 0 Å². The number of halogens is 1. The topological polar surface area (TPSA) is 35.5 Å². The minimum atomic E-state index is -0.527. The molecule has 3 aromatic rings. The van der Waals surface area contributed by atoms with Gasteiger partial charge in [0.15, 0.2) is 0 Å². The molecule has 0 bridgehead atoms. The van der Waals surface area contributed by atoms with E-state index in [1.165, 1.54) is 0 Å². The molecule has 1 heterocycles. The van der Waals surface area contributed by atoms with Gasteiger partial charge in [-0.3, -0.25) is 4.79 Å². The third kappa shape index (κ3) is 2.95. The van der Waals surface area contributed by atoms with Crippen molar-refractivity contribution in [1.82, 2.24) is 0 Å². The molecule has 0 fully saturated rings. The molecule has 3 aromatic carbocycles. The lowest BCUT2D eigenvalue weighted by atomic mass is 9.88. The van der Waals surface area contributed by atoms with Gasteiger partial charge in [-0.1, -0.05) is 66.2 Å². The highest BCUT2D eigenvalue weighted by molar-refractivity contribution is 6.31. The first-order chi connectivity index (χ1) is 12.6. The van der Waals surface area contributed by atoms with Crippen molar-refractivity contribution < 1.29 is 14.3 Å². The van der Waals surface area contributed by atoms with Crippen LogP contribution in [0.1, 0.15) is 35.6 Å². The van der Waals surface area contributed by atoms with Crippen LogP contribution >= 0.6 is 11.6 Å². The average Bonchev–Trinajstić information content (AvgIpc) is 2.66. The number of carbonyl (C=O) groups excluding carboxylic acids is 1. The van der Waals surface area contributed by atoms with Crippen molar-refractivity contribution in [2.45, 2.75) is 18.9 Å². The Kier molecular flexibility index (Phi) is 4.39. The zero-order chi connectivity index (χ0) is 18.1. The molecule has 1 aliphatic heterocycles. The van der Waals surface area contributed by atoms with Crippen LogP contribution in [0.5, 0.6) is 11.5 Å². The van der Waals surface area contributed by atoms with Gasteiger partial charge < -0.3 is 9.47 Å². The first-order valence-corrected chi connectivity index (χ1v) is 8.83. The van der Waals surface area contributed by atoms with Gasteiger partial charge in [0.05, 0.1) is 0 Å². The van der Waals surface area contributed by atoms with Crippen molar-refractivity contribution >= 4 is 17.6 Å². The van der Waals surface area contributed by atoms with Crippen LogP contribution in [0, 0.1) is 0 Å². The summed E-state index contributed by atoms with van der Waals surface area (Å²) in [4.78, 5) is 13.1. The highest BCUT2D eigenvalue weighted by atomic mass is 35.5. The van der Waals surface area contributed by atoms with Crippen LogP contribution in [0.2, 0.25) is 5.02 Å². The Bertz CT molecular complexity index is 921. The Morgan fingerprint density at radius 2 is 1.46 bits per heavy atom. The van der Waals surface area contributed by atoms with Crippen LogP contribution in [0.15, 0.2) is 72.8 Å². The van der Waals surface area contributed by atoms with E-state index in [-0.39, 0.29) is 5.97 Å². The van der Waals surface area contributed by atoms with Crippen LogP contribution < -0.4 is 4.74 Å². The summed E-state index contributed by atoms with van der Waals surface area (Å²) in [6.45, 7) is 1.83. The second kappa shape index (κ2) is 6.85. The van der Waals surface area contributed by atoms with E-state index in [1.54, 1.807) is 6.07 Å². The molecule has 1 atom stereocenters. The summed E-state index contributed by atoms with van der Waals surface area (Å²) in [5, 5.41) is 0.584. The average molecular weight is 365 g/mol. The van der Waals surface area contributed by atoms with E-state index in [0.717, 1.165) is 16.7 Å². The van der Waals surface area contributed by atoms with Crippen molar-refractivity contribution in [3.05, 3.63) is 94.5 Å². The van der Waals surface area contributed by atoms with Gasteiger partial charge in [-0.15, -0.1) is 0 Å². The maximum atomic E-state index is 13.1. The predicted octanol–water partition coefficient (Wildman–Crippen LogP) is 5.88. The van der Waals surface area contributed by atoms with E-state index in [2.05, 4.69) is 0 Å². The number of carbonyl (C=O) groups is 1. The molecule has 4 rings (SSSR count). The fourth-order valence-corrected chi connectivity index (χ4v) is 3.56. The molecule has 0 aliphatic carbocycles. The molecule has 4 heteroatoms. The van der Waals surface area contributed by atoms with Gasteiger partial charge in [-0.05, 0) is 25.1 Å². The number of para-hydroxylation sites is 2. The molecular formula is C22H17ClO3. The number of ether oxygens (including phenoxy) is 2. The third-order valence-corrected chi connectivity index (χ3v) is 4.90. The normalized spacial score (nSPS) is 13.9. The number of hydrogen-bond acceptors (Lipinski definition) is 3. The van der Waals surface area contributed by atoms with Crippen LogP contribution in [-0.2, 0) is 9.53 Å². The number of fused-ring (bicyclic) bond motifs is 2. The molecule has 0 saturated heterocycles. The number of benzene rings is 3. The smallest absolute Gasteiger partial charge is 0.318 e. The van der Waals surface area contributed by atoms with Gasteiger partial charge in [0.25, 0.3) is 0 Å². The number of esters is 1. The first-order valence-electron chi connectivity index (χ1n) is 8.46. The molecule has 0 radical (unpaired) electrons. The quantitative estimate of drug-likeness (QED) is 0.544. The largest absolute Gasteiger partial charge is 0.457 e. The zero-order valence-corrected chi connectivity index (χ0v) is 14.9. The van der Waals surface area contributed by atoms with Crippen molar-refractivity contribution in [1.29, 1.82) is 0 Å². The van der Waals surface area contributed by atoms with E-state index in [0.29, 0.717) is 16.5 Å². The molecule has 26 heavy (non-hydrogen) atoms. The lowest BCUT2D eigenvalue weighted by molar-refractivity contribution is -0.149. The van der Waals surface area contributed by atoms with Crippen molar-refractivity contribution in [3.8, 4) is 11.5 Å². The van der Waals surface area contributed by atoms with Gasteiger partial charge in [0, 0.05) is 21.7 Å². The van der Waals surface area contributed by atoms with Crippen molar-refractivity contribution in [3.63, 3.8) is 0 Å². The first kappa shape index (κ1) is 16.7. The summed E-state index contributed by atoms with van der Waals surface area (Å²) >= 11 is 6.24. The van der Waals surface area contributed by atoms with Gasteiger partial charge in [0.2, 0.25) is 0 Å². The minimum absolute atomic E-state index is 0.319. The van der Waals surface area contributed by atoms with E-state index < -0.39 is 12.0 Å². The lowest BCUT2D eigenvalue weighted by Gasteiger charge is -2.28. The van der Waals surface area contributed by atoms with Gasteiger partial charge in [0.1, 0.15) is 23.5 Å². The maximum absolute atomic E-state index is 13.1. The van der Waals surface area contributed by atoms with E-state index in [9.17, 15) is 4.79 Å². The molecule has 1 aliphatic rings. The predicted molar refractivity (Wildman–Crippen MR) is 101 cm³/mol. The second-order valence-corrected chi connectivity index (χ2v) is 6.62. The van der Waals surface area contributed by atoms with E-state index in [4.69, 9.17) is 21.1 Å². The second-order valence-electron chi connectivity index (χ2n) is 6.21. The fraction of sp³-hybridized carbons (Fsp3) is 0.136. The molecule has 3 nitrogen and oxygen atoms in total. The van der Waals surface area contributed by atoms with Crippen LogP contribution in [0.3, 0.4) is 0 Å². The van der Waals surface area contributed by atoms with E-state index in [1.807, 2.05) is 73.7 Å². The van der Waals surface area contributed by atoms with Crippen LogP contribution in [0.25, 0.3) is 0 Å². The van der Waals surface area contributed by atoms with Gasteiger partial charge in [-0.25, -0.2) is 0 Å². The monoisotopic (exact) mass is 364 g/mol. The molecule has 0 amide bonds. The summed E-state index contributed by atoms with van der Waals surface area (Å²) < 4.78 is 11.7. The van der Waals surface area contributed by atoms with Gasteiger partial charge in [-0.2, -0.15) is 0 Å². The summed E-state index contributed by atoms with van der Waals surface area (Å²) in [6.07, 6.45) is -0.446.